The number of pyridine rings is 1. The van der Waals surface area contributed by atoms with Crippen LogP contribution in [0.4, 0.5) is 18.9 Å². The van der Waals surface area contributed by atoms with Crippen LogP contribution in [0.3, 0.4) is 0 Å². The molecule has 2 aliphatic rings. The maximum atomic E-state index is 13.5. The van der Waals surface area contributed by atoms with Crippen molar-refractivity contribution in [3.8, 4) is 0 Å². The second kappa shape index (κ2) is 9.80. The lowest BCUT2D eigenvalue weighted by Gasteiger charge is -2.37. The maximum absolute atomic E-state index is 13.5. The molecule has 1 unspecified atom stereocenters. The summed E-state index contributed by atoms with van der Waals surface area (Å²) in [5, 5.41) is 4.53. The van der Waals surface area contributed by atoms with Crippen molar-refractivity contribution < 1.29 is 22.8 Å². The highest BCUT2D eigenvalue weighted by Gasteiger charge is 2.37. The number of halogens is 5. The second-order valence-electron chi connectivity index (χ2n) is 9.72. The highest BCUT2D eigenvalue weighted by Crippen LogP contribution is 2.38. The molecule has 1 aromatic heterocycles. The number of alkyl halides is 3. The number of ketones is 1. The van der Waals surface area contributed by atoms with Crippen molar-refractivity contribution in [1.82, 2.24) is 10.3 Å². The van der Waals surface area contributed by atoms with Gasteiger partial charge in [-0.3, -0.25) is 9.59 Å². The molecule has 5 rings (SSSR count). The first-order valence-corrected chi connectivity index (χ1v) is 12.8. The van der Waals surface area contributed by atoms with Gasteiger partial charge in [0, 0.05) is 52.2 Å². The normalized spacial score (nSPS) is 21.7. The summed E-state index contributed by atoms with van der Waals surface area (Å²) in [6.45, 7) is 0. The lowest BCUT2D eigenvalue weighted by Crippen LogP contribution is -2.44. The zero-order valence-corrected chi connectivity index (χ0v) is 21.4. The van der Waals surface area contributed by atoms with Gasteiger partial charge in [0.25, 0.3) is 0 Å². The summed E-state index contributed by atoms with van der Waals surface area (Å²) < 4.78 is 40.6. The van der Waals surface area contributed by atoms with E-state index < -0.39 is 17.8 Å². The van der Waals surface area contributed by atoms with E-state index in [1.54, 1.807) is 31.3 Å². The number of anilines is 1. The Morgan fingerprint density at radius 2 is 1.70 bits per heavy atom. The number of amides is 1. The molecule has 0 spiro atoms. The van der Waals surface area contributed by atoms with Gasteiger partial charge in [-0.1, -0.05) is 23.2 Å². The molecular formula is C27H24Cl2F3N3O2. The van der Waals surface area contributed by atoms with Crippen LogP contribution < -0.4 is 10.2 Å². The first-order chi connectivity index (χ1) is 17.5. The molecule has 2 aliphatic carbocycles. The van der Waals surface area contributed by atoms with Crippen molar-refractivity contribution in [3.63, 3.8) is 0 Å². The second-order valence-corrected chi connectivity index (χ2v) is 10.6. The Kier molecular flexibility index (Phi) is 6.83. The minimum Gasteiger partial charge on any atom is -0.371 e. The number of hydrogen-bond donors (Lipinski definition) is 1. The molecule has 1 fully saturated rings. The standard InChI is InChI=1S/C27H24Cl2F3N3O2/c1-35(23-13-25(27(30,31)32)34-22-9-3-15(29)11-21(22)23)17-6-4-16(5-7-17)33-26(37)20-12-24(36)18-8-2-14(28)10-19(18)20/h2-3,8-11,13,16-17,20H,4-7,12H2,1H3,(H,33,37). The van der Waals surface area contributed by atoms with E-state index in [4.69, 9.17) is 23.2 Å². The Balaban J connectivity index is 1.29. The third-order valence-electron chi connectivity index (χ3n) is 7.41. The van der Waals surface area contributed by atoms with Gasteiger partial charge >= 0.3 is 6.18 Å². The van der Waals surface area contributed by atoms with Gasteiger partial charge in [0.15, 0.2) is 5.78 Å². The Bertz CT molecular complexity index is 1390. The quantitative estimate of drug-likeness (QED) is 0.389. The van der Waals surface area contributed by atoms with Crippen LogP contribution in [-0.2, 0) is 11.0 Å². The van der Waals surface area contributed by atoms with E-state index in [0.29, 0.717) is 57.9 Å². The molecule has 2 aromatic carbocycles. The van der Waals surface area contributed by atoms with Crippen LogP contribution in [0.5, 0.6) is 0 Å². The molecule has 10 heteroatoms. The Labute approximate surface area is 221 Å². The molecule has 1 amide bonds. The predicted molar refractivity (Wildman–Crippen MR) is 137 cm³/mol. The molecule has 1 saturated carbocycles. The van der Waals surface area contributed by atoms with Crippen molar-refractivity contribution in [2.45, 2.75) is 56.3 Å². The molecule has 0 aliphatic heterocycles. The van der Waals surface area contributed by atoms with Crippen LogP contribution in [0, 0.1) is 0 Å². The largest absolute Gasteiger partial charge is 0.433 e. The van der Waals surface area contributed by atoms with Crippen molar-refractivity contribution >= 4 is 51.5 Å². The maximum Gasteiger partial charge on any atom is 0.433 e. The van der Waals surface area contributed by atoms with Crippen LogP contribution in [0.15, 0.2) is 42.5 Å². The van der Waals surface area contributed by atoms with Crippen LogP contribution in [0.1, 0.15) is 59.6 Å². The minimum atomic E-state index is -4.57. The number of rotatable bonds is 4. The summed E-state index contributed by atoms with van der Waals surface area (Å²) in [6, 6.07) is 10.6. The smallest absolute Gasteiger partial charge is 0.371 e. The molecular weight excluding hydrogens is 526 g/mol. The van der Waals surface area contributed by atoms with Gasteiger partial charge in [0.05, 0.1) is 11.4 Å². The zero-order valence-electron chi connectivity index (χ0n) is 19.9. The molecule has 0 radical (unpaired) electrons. The number of Topliss-reactive ketones (excluding diaryl/α,β-unsaturated/α-hetero) is 1. The van der Waals surface area contributed by atoms with Gasteiger partial charge in [0.2, 0.25) is 5.91 Å². The van der Waals surface area contributed by atoms with Gasteiger partial charge in [-0.05, 0) is 73.7 Å². The average Bonchev–Trinajstić information content (AvgIpc) is 3.18. The first kappa shape index (κ1) is 25.8. The molecule has 0 saturated heterocycles. The fraction of sp³-hybridized carbons (Fsp3) is 0.370. The summed E-state index contributed by atoms with van der Waals surface area (Å²) in [6.07, 6.45) is -1.76. The van der Waals surface area contributed by atoms with E-state index in [1.807, 2.05) is 4.90 Å². The van der Waals surface area contributed by atoms with Crippen LogP contribution in [-0.4, -0.2) is 35.8 Å². The third kappa shape index (κ3) is 5.14. The predicted octanol–water partition coefficient (Wildman–Crippen LogP) is 6.79. The molecule has 37 heavy (non-hydrogen) atoms. The number of carbonyl (C=O) groups excluding carboxylic acids is 2. The number of aromatic nitrogens is 1. The number of fused-ring (bicyclic) bond motifs is 2. The monoisotopic (exact) mass is 549 g/mol. The van der Waals surface area contributed by atoms with Gasteiger partial charge in [-0.15, -0.1) is 0 Å². The van der Waals surface area contributed by atoms with Crippen molar-refractivity contribution in [3.05, 3.63) is 69.3 Å². The molecule has 1 N–H and O–H groups in total. The minimum absolute atomic E-state index is 0.0218. The van der Waals surface area contributed by atoms with Gasteiger partial charge in [0.1, 0.15) is 5.69 Å². The van der Waals surface area contributed by atoms with E-state index >= 15 is 0 Å². The Hall–Kier alpha value is -2.84. The van der Waals surface area contributed by atoms with E-state index in [0.717, 1.165) is 6.07 Å². The van der Waals surface area contributed by atoms with Crippen LogP contribution >= 0.6 is 23.2 Å². The van der Waals surface area contributed by atoms with Crippen molar-refractivity contribution in [2.75, 3.05) is 11.9 Å². The van der Waals surface area contributed by atoms with Crippen LogP contribution in [0.25, 0.3) is 10.9 Å². The average molecular weight is 550 g/mol. The lowest BCUT2D eigenvalue weighted by molar-refractivity contribution is -0.140. The van der Waals surface area contributed by atoms with Gasteiger partial charge in [-0.2, -0.15) is 13.2 Å². The molecule has 0 bridgehead atoms. The van der Waals surface area contributed by atoms with Crippen LogP contribution in [0.2, 0.25) is 10.0 Å². The summed E-state index contributed by atoms with van der Waals surface area (Å²) in [5.74, 6) is -0.828. The van der Waals surface area contributed by atoms with Crippen molar-refractivity contribution in [2.24, 2.45) is 0 Å². The highest BCUT2D eigenvalue weighted by atomic mass is 35.5. The van der Waals surface area contributed by atoms with E-state index in [9.17, 15) is 22.8 Å². The third-order valence-corrected chi connectivity index (χ3v) is 7.88. The fourth-order valence-electron chi connectivity index (χ4n) is 5.44. The fourth-order valence-corrected chi connectivity index (χ4v) is 5.79. The number of nitrogens with one attached hydrogen (secondary N) is 1. The Morgan fingerprint density at radius 3 is 2.41 bits per heavy atom. The first-order valence-electron chi connectivity index (χ1n) is 12.0. The zero-order chi connectivity index (χ0) is 26.5. The lowest BCUT2D eigenvalue weighted by atomic mass is 9.89. The van der Waals surface area contributed by atoms with Gasteiger partial charge in [-0.25, -0.2) is 4.98 Å². The molecule has 3 aromatic rings. The Morgan fingerprint density at radius 1 is 1.03 bits per heavy atom. The number of benzene rings is 2. The number of carbonyl (C=O) groups is 2. The highest BCUT2D eigenvalue weighted by molar-refractivity contribution is 6.31. The van der Waals surface area contributed by atoms with E-state index in [1.165, 1.54) is 12.1 Å². The molecule has 5 nitrogen and oxygen atoms in total. The summed E-state index contributed by atoms with van der Waals surface area (Å²) in [4.78, 5) is 31.0. The van der Waals surface area contributed by atoms with E-state index in [-0.39, 0.29) is 35.7 Å². The summed E-state index contributed by atoms with van der Waals surface area (Å²) in [7, 11) is 1.78. The summed E-state index contributed by atoms with van der Waals surface area (Å²) >= 11 is 12.2. The molecule has 1 heterocycles. The number of nitrogens with zero attached hydrogens (tertiary/aromatic N) is 2. The molecule has 1 atom stereocenters. The summed E-state index contributed by atoms with van der Waals surface area (Å²) in [5.41, 5.74) is 0.903. The van der Waals surface area contributed by atoms with Crippen molar-refractivity contribution in [1.29, 1.82) is 0 Å². The SMILES string of the molecule is CN(c1cc(C(F)(F)F)nc2ccc(Cl)cc12)C1CCC(NC(=O)C2CC(=O)c3ccc(Cl)cc32)CC1. The number of hydrogen-bond acceptors (Lipinski definition) is 4. The topological polar surface area (TPSA) is 62.3 Å². The molecule has 194 valence electrons. The van der Waals surface area contributed by atoms with E-state index in [2.05, 4.69) is 10.3 Å². The van der Waals surface area contributed by atoms with Gasteiger partial charge < -0.3 is 10.2 Å².